The maximum atomic E-state index is 9.33. The number of para-hydroxylation sites is 1. The fourth-order valence-electron chi connectivity index (χ4n) is 2.43. The first-order valence-electron chi connectivity index (χ1n) is 8.79. The molecule has 28 heavy (non-hydrogen) atoms. The van der Waals surface area contributed by atoms with Crippen molar-refractivity contribution in [3.8, 4) is 34.3 Å². The average Bonchev–Trinajstić information content (AvgIpc) is 3.17. The van der Waals surface area contributed by atoms with Gasteiger partial charge in [0.2, 0.25) is 5.82 Å². The topological polar surface area (TPSA) is 97.8 Å². The number of benzene rings is 2. The van der Waals surface area contributed by atoms with Crippen LogP contribution in [0.15, 0.2) is 47.0 Å². The van der Waals surface area contributed by atoms with Gasteiger partial charge in [-0.3, -0.25) is 0 Å². The first kappa shape index (κ1) is 20.1. The minimum absolute atomic E-state index is 0.00788. The molecule has 1 aromatic heterocycles. The highest BCUT2D eigenvalue weighted by molar-refractivity contribution is 6.32. The number of halogens is 1. The smallest absolute Gasteiger partial charge is 0.258 e. The normalized spacial score (nSPS) is 12.2. The first-order chi connectivity index (χ1) is 13.5. The lowest BCUT2D eigenvalue weighted by molar-refractivity contribution is 0.0536. The Kier molecular flexibility index (Phi) is 6.51. The predicted octanol–water partition coefficient (Wildman–Crippen LogP) is 3.58. The van der Waals surface area contributed by atoms with Gasteiger partial charge in [0.05, 0.1) is 23.3 Å². The van der Waals surface area contributed by atoms with Crippen molar-refractivity contribution in [3.05, 3.63) is 47.5 Å². The van der Waals surface area contributed by atoms with Gasteiger partial charge < -0.3 is 24.2 Å². The zero-order valence-electron chi connectivity index (χ0n) is 15.5. The van der Waals surface area contributed by atoms with Gasteiger partial charge in [-0.1, -0.05) is 22.8 Å². The molecule has 1 unspecified atom stereocenters. The molecule has 0 radical (unpaired) electrons. The summed E-state index contributed by atoms with van der Waals surface area (Å²) in [5.74, 6) is 1.78. The standard InChI is InChI=1S/C20H21ClN2O5/c1-12(2)27-18-16(4-3-5-17(18)21)19-22-20(28-23-19)13-6-8-15(9-7-13)26-11-14(25)10-24/h3-9,12,14,24-25H,10-11H2,1-2H3. The van der Waals surface area contributed by atoms with E-state index in [9.17, 15) is 5.11 Å². The van der Waals surface area contributed by atoms with E-state index in [-0.39, 0.29) is 19.3 Å². The van der Waals surface area contributed by atoms with Crippen molar-refractivity contribution >= 4 is 11.6 Å². The van der Waals surface area contributed by atoms with Crippen molar-refractivity contribution in [1.82, 2.24) is 10.1 Å². The monoisotopic (exact) mass is 404 g/mol. The Bertz CT molecular complexity index is 911. The number of hydrogen-bond donors (Lipinski definition) is 2. The van der Waals surface area contributed by atoms with E-state index in [0.29, 0.717) is 39.4 Å². The van der Waals surface area contributed by atoms with Crippen LogP contribution in [-0.2, 0) is 0 Å². The van der Waals surface area contributed by atoms with Crippen molar-refractivity contribution < 1.29 is 24.2 Å². The van der Waals surface area contributed by atoms with Crippen LogP contribution in [-0.4, -0.2) is 45.8 Å². The van der Waals surface area contributed by atoms with E-state index in [0.717, 1.165) is 0 Å². The molecule has 2 aromatic carbocycles. The lowest BCUT2D eigenvalue weighted by Gasteiger charge is -2.13. The highest BCUT2D eigenvalue weighted by atomic mass is 35.5. The van der Waals surface area contributed by atoms with Crippen LogP contribution in [0.2, 0.25) is 5.02 Å². The summed E-state index contributed by atoms with van der Waals surface area (Å²) in [5, 5.41) is 22.7. The van der Waals surface area contributed by atoms with Gasteiger partial charge in [-0.15, -0.1) is 0 Å². The Labute approximate surface area is 167 Å². The summed E-state index contributed by atoms with van der Waals surface area (Å²) in [6, 6.07) is 12.3. The van der Waals surface area contributed by atoms with Crippen LogP contribution < -0.4 is 9.47 Å². The summed E-state index contributed by atoms with van der Waals surface area (Å²) in [6.45, 7) is 3.48. The minimum atomic E-state index is -0.918. The molecule has 0 bridgehead atoms. The Hall–Kier alpha value is -2.61. The molecule has 1 heterocycles. The van der Waals surface area contributed by atoms with Crippen LogP contribution in [0.25, 0.3) is 22.8 Å². The van der Waals surface area contributed by atoms with Crippen molar-refractivity contribution in [1.29, 1.82) is 0 Å². The second-order valence-corrected chi connectivity index (χ2v) is 6.79. The second-order valence-electron chi connectivity index (χ2n) is 6.38. The van der Waals surface area contributed by atoms with E-state index < -0.39 is 6.10 Å². The number of aliphatic hydroxyl groups excluding tert-OH is 2. The Morgan fingerprint density at radius 3 is 2.57 bits per heavy atom. The Morgan fingerprint density at radius 1 is 1.14 bits per heavy atom. The Balaban J connectivity index is 1.80. The molecule has 0 amide bonds. The molecule has 0 spiro atoms. The van der Waals surface area contributed by atoms with Gasteiger partial charge in [0.25, 0.3) is 5.89 Å². The van der Waals surface area contributed by atoms with Gasteiger partial charge in [-0.2, -0.15) is 4.98 Å². The van der Waals surface area contributed by atoms with E-state index in [1.165, 1.54) is 0 Å². The fourth-order valence-corrected chi connectivity index (χ4v) is 2.65. The average molecular weight is 405 g/mol. The molecule has 0 saturated heterocycles. The van der Waals surface area contributed by atoms with Crippen LogP contribution in [0, 0.1) is 0 Å². The Morgan fingerprint density at radius 2 is 1.89 bits per heavy atom. The summed E-state index contributed by atoms with van der Waals surface area (Å²) in [6.07, 6.45) is -0.972. The van der Waals surface area contributed by atoms with Crippen molar-refractivity contribution in [3.63, 3.8) is 0 Å². The molecule has 0 aliphatic carbocycles. The minimum Gasteiger partial charge on any atom is -0.491 e. The number of rotatable bonds is 8. The molecule has 0 aliphatic rings. The third-order valence-corrected chi connectivity index (χ3v) is 4.04. The number of aromatic nitrogens is 2. The van der Waals surface area contributed by atoms with Gasteiger partial charge in [0.15, 0.2) is 0 Å². The molecule has 7 nitrogen and oxygen atoms in total. The SMILES string of the molecule is CC(C)Oc1c(Cl)cccc1-c1noc(-c2ccc(OCC(O)CO)cc2)n1. The van der Waals surface area contributed by atoms with Crippen LogP contribution in [0.1, 0.15) is 13.8 Å². The summed E-state index contributed by atoms with van der Waals surface area (Å²) >= 11 is 6.27. The lowest BCUT2D eigenvalue weighted by Crippen LogP contribution is -2.21. The van der Waals surface area contributed by atoms with Gasteiger partial charge in [0.1, 0.15) is 24.2 Å². The number of hydrogen-bond acceptors (Lipinski definition) is 7. The largest absolute Gasteiger partial charge is 0.491 e. The predicted molar refractivity (Wildman–Crippen MR) is 105 cm³/mol. The number of aliphatic hydroxyl groups is 2. The summed E-state index contributed by atoms with van der Waals surface area (Å²) < 4.78 is 16.6. The van der Waals surface area contributed by atoms with E-state index in [2.05, 4.69) is 10.1 Å². The van der Waals surface area contributed by atoms with E-state index in [4.69, 9.17) is 30.7 Å². The lowest BCUT2D eigenvalue weighted by atomic mass is 10.2. The first-order valence-corrected chi connectivity index (χ1v) is 9.17. The van der Waals surface area contributed by atoms with Crippen LogP contribution >= 0.6 is 11.6 Å². The summed E-state index contributed by atoms with van der Waals surface area (Å²) in [4.78, 5) is 4.45. The fraction of sp³-hybridized carbons (Fsp3) is 0.300. The maximum Gasteiger partial charge on any atom is 0.258 e. The summed E-state index contributed by atoms with van der Waals surface area (Å²) in [5.41, 5.74) is 1.36. The third kappa shape index (κ3) is 4.81. The van der Waals surface area contributed by atoms with Gasteiger partial charge in [0, 0.05) is 5.56 Å². The highest BCUT2D eigenvalue weighted by Crippen LogP contribution is 2.36. The molecule has 3 rings (SSSR count). The molecule has 148 valence electrons. The zero-order valence-corrected chi connectivity index (χ0v) is 16.3. The molecule has 2 N–H and O–H groups in total. The number of nitrogens with zero attached hydrogens (tertiary/aromatic N) is 2. The van der Waals surface area contributed by atoms with Gasteiger partial charge >= 0.3 is 0 Å². The molecule has 0 fully saturated rings. The molecule has 0 saturated carbocycles. The van der Waals surface area contributed by atoms with E-state index in [1.807, 2.05) is 19.9 Å². The zero-order chi connectivity index (χ0) is 20.1. The maximum absolute atomic E-state index is 9.33. The van der Waals surface area contributed by atoms with Gasteiger partial charge in [-0.25, -0.2) is 0 Å². The quantitative estimate of drug-likeness (QED) is 0.592. The molecule has 3 aromatic rings. The third-order valence-electron chi connectivity index (χ3n) is 3.74. The van der Waals surface area contributed by atoms with Crippen molar-refractivity contribution in [2.24, 2.45) is 0 Å². The molecule has 1 atom stereocenters. The highest BCUT2D eigenvalue weighted by Gasteiger charge is 2.18. The molecular weight excluding hydrogens is 384 g/mol. The van der Waals surface area contributed by atoms with E-state index in [1.54, 1.807) is 36.4 Å². The molecule has 8 heteroatoms. The molecular formula is C20H21ClN2O5. The van der Waals surface area contributed by atoms with Crippen LogP contribution in [0.4, 0.5) is 0 Å². The van der Waals surface area contributed by atoms with Crippen LogP contribution in [0.3, 0.4) is 0 Å². The van der Waals surface area contributed by atoms with Crippen molar-refractivity contribution in [2.75, 3.05) is 13.2 Å². The van der Waals surface area contributed by atoms with Gasteiger partial charge in [-0.05, 0) is 50.2 Å². The van der Waals surface area contributed by atoms with Crippen molar-refractivity contribution in [2.45, 2.75) is 26.1 Å². The summed E-state index contributed by atoms with van der Waals surface area (Å²) in [7, 11) is 0. The number of ether oxygens (including phenoxy) is 2. The molecule has 0 aliphatic heterocycles. The van der Waals surface area contributed by atoms with E-state index >= 15 is 0 Å². The second kappa shape index (κ2) is 9.05. The van der Waals surface area contributed by atoms with Crippen LogP contribution in [0.5, 0.6) is 11.5 Å².